The lowest BCUT2D eigenvalue weighted by molar-refractivity contribution is -0.140. The van der Waals surface area contributed by atoms with Gasteiger partial charge in [-0.05, 0) is 82.5 Å². The largest absolute Gasteiger partial charge is 0.444 e. The summed E-state index contributed by atoms with van der Waals surface area (Å²) in [5.74, 6) is -1.21. The maximum absolute atomic E-state index is 14.1. The molecule has 0 radical (unpaired) electrons. The lowest BCUT2D eigenvalue weighted by Gasteiger charge is -2.35. The van der Waals surface area contributed by atoms with Crippen molar-refractivity contribution in [3.8, 4) is 0 Å². The zero-order valence-corrected chi connectivity index (χ0v) is 31.4. The van der Waals surface area contributed by atoms with Gasteiger partial charge in [0.2, 0.25) is 17.6 Å². The molecule has 4 aliphatic rings. The Morgan fingerprint density at radius 3 is 2.08 bits per heavy atom. The van der Waals surface area contributed by atoms with Crippen LogP contribution in [0.1, 0.15) is 127 Å². The standard InChI is InChI=1S/C37H63N5O7/c1-10-14-25(28(43)33(46)38-24-17-18-24)39-31(44)26-19-23(21(2)3)20-42(26)34-29(48-34)30(36(4,5)6)41-32(45)27(22-15-12-11-13-16-22)40-35(47)49-37(7,8)9/h21-27,29-30,34H,10-20H2,1-9H3,(H,38,46)(H,39,44)(H,40,47)(H,41,45)/t23-,25+,26+,27+,29?,30-,34?/m1/s1. The number of hydrogen-bond acceptors (Lipinski definition) is 8. The molecule has 0 aromatic heterocycles. The highest BCUT2D eigenvalue weighted by atomic mass is 16.6. The Labute approximate surface area is 293 Å². The molecule has 4 rings (SSSR count). The van der Waals surface area contributed by atoms with Gasteiger partial charge in [-0.15, -0.1) is 0 Å². The molecule has 2 aliphatic heterocycles. The van der Waals surface area contributed by atoms with Gasteiger partial charge in [-0.25, -0.2) is 4.79 Å². The van der Waals surface area contributed by atoms with E-state index in [4.69, 9.17) is 9.47 Å². The van der Waals surface area contributed by atoms with Crippen molar-refractivity contribution in [2.24, 2.45) is 23.2 Å². The van der Waals surface area contributed by atoms with Crippen molar-refractivity contribution in [3.63, 3.8) is 0 Å². The summed E-state index contributed by atoms with van der Waals surface area (Å²) < 4.78 is 11.9. The van der Waals surface area contributed by atoms with Crippen LogP contribution in [0.2, 0.25) is 0 Å². The maximum Gasteiger partial charge on any atom is 0.408 e. The summed E-state index contributed by atoms with van der Waals surface area (Å²) in [4.78, 5) is 68.6. The first-order valence-electron chi connectivity index (χ1n) is 18.8. The Bertz CT molecular complexity index is 1200. The fourth-order valence-corrected chi connectivity index (χ4v) is 7.34. The van der Waals surface area contributed by atoms with E-state index in [1.165, 1.54) is 0 Å². The zero-order valence-electron chi connectivity index (χ0n) is 31.4. The van der Waals surface area contributed by atoms with Crippen LogP contribution < -0.4 is 21.3 Å². The van der Waals surface area contributed by atoms with E-state index in [0.717, 1.165) is 44.9 Å². The highest BCUT2D eigenvalue weighted by Crippen LogP contribution is 2.42. The van der Waals surface area contributed by atoms with Crippen molar-refractivity contribution in [1.82, 2.24) is 26.2 Å². The second-order valence-electron chi connectivity index (χ2n) is 17.3. The second kappa shape index (κ2) is 16.1. The molecular formula is C37H63N5O7. The van der Waals surface area contributed by atoms with Crippen molar-refractivity contribution >= 4 is 29.6 Å². The van der Waals surface area contributed by atoms with Gasteiger partial charge in [0, 0.05) is 12.6 Å². The van der Waals surface area contributed by atoms with E-state index in [-0.39, 0.29) is 35.8 Å². The molecule has 4 N–H and O–H groups in total. The Balaban J connectivity index is 1.49. The number of alkyl carbamates (subject to hydrolysis) is 1. The number of amides is 4. The Morgan fingerprint density at radius 2 is 1.53 bits per heavy atom. The van der Waals surface area contributed by atoms with Gasteiger partial charge in [0.1, 0.15) is 24.0 Å². The third-order valence-electron chi connectivity index (χ3n) is 10.4. The van der Waals surface area contributed by atoms with Crippen molar-refractivity contribution in [2.45, 2.75) is 175 Å². The minimum atomic E-state index is -0.886. The molecule has 0 spiro atoms. The normalized spacial score (nSPS) is 26.7. The number of epoxide rings is 1. The summed E-state index contributed by atoms with van der Waals surface area (Å²) in [6.07, 6.45) is 6.80. The van der Waals surface area contributed by atoms with Crippen LogP contribution in [-0.2, 0) is 28.7 Å². The van der Waals surface area contributed by atoms with E-state index >= 15 is 0 Å². The van der Waals surface area contributed by atoms with E-state index in [2.05, 4.69) is 40.0 Å². The predicted octanol–water partition coefficient (Wildman–Crippen LogP) is 4.19. The first-order chi connectivity index (χ1) is 22.9. The molecule has 0 aromatic carbocycles. The highest BCUT2D eigenvalue weighted by Gasteiger charge is 2.57. The van der Waals surface area contributed by atoms with Crippen LogP contribution in [0, 0.1) is 23.2 Å². The Morgan fingerprint density at radius 1 is 0.878 bits per heavy atom. The molecule has 12 heteroatoms. The monoisotopic (exact) mass is 689 g/mol. The molecule has 278 valence electrons. The molecule has 0 aromatic rings. The third kappa shape index (κ3) is 10.9. The van der Waals surface area contributed by atoms with Gasteiger partial charge in [0.15, 0.2) is 0 Å². The quantitative estimate of drug-likeness (QED) is 0.156. The third-order valence-corrected chi connectivity index (χ3v) is 10.4. The fourth-order valence-electron chi connectivity index (χ4n) is 7.34. The molecule has 2 heterocycles. The fraction of sp³-hybridized carbons (Fsp3) is 0.865. The highest BCUT2D eigenvalue weighted by molar-refractivity contribution is 6.38. The minimum Gasteiger partial charge on any atom is -0.444 e. The van der Waals surface area contributed by atoms with E-state index in [0.29, 0.717) is 31.7 Å². The number of likely N-dealkylation sites (tertiary alicyclic amines) is 1. The van der Waals surface area contributed by atoms with Crippen molar-refractivity contribution in [2.75, 3.05) is 6.54 Å². The molecule has 2 saturated heterocycles. The first kappa shape index (κ1) is 39.1. The first-order valence-corrected chi connectivity index (χ1v) is 18.8. The van der Waals surface area contributed by atoms with Gasteiger partial charge in [-0.3, -0.25) is 24.1 Å². The Hall–Kier alpha value is -2.73. The number of ether oxygens (including phenoxy) is 2. The molecule has 2 unspecified atom stereocenters. The van der Waals surface area contributed by atoms with Crippen LogP contribution in [0.5, 0.6) is 0 Å². The van der Waals surface area contributed by atoms with Crippen LogP contribution in [0.25, 0.3) is 0 Å². The van der Waals surface area contributed by atoms with Gasteiger partial charge >= 0.3 is 6.09 Å². The smallest absolute Gasteiger partial charge is 0.408 e. The average molecular weight is 690 g/mol. The van der Waals surface area contributed by atoms with Gasteiger partial charge in [-0.1, -0.05) is 67.2 Å². The van der Waals surface area contributed by atoms with Crippen LogP contribution in [0.3, 0.4) is 0 Å². The van der Waals surface area contributed by atoms with E-state index in [1.54, 1.807) is 20.8 Å². The number of ketones is 1. The molecule has 0 bridgehead atoms. The lowest BCUT2D eigenvalue weighted by Crippen LogP contribution is -2.58. The molecule has 4 fully saturated rings. The van der Waals surface area contributed by atoms with Crippen molar-refractivity contribution in [3.05, 3.63) is 0 Å². The number of carbonyl (C=O) groups is 5. The van der Waals surface area contributed by atoms with Gasteiger partial charge in [0.25, 0.3) is 5.91 Å². The van der Waals surface area contributed by atoms with Crippen LogP contribution in [0.15, 0.2) is 0 Å². The molecular weight excluding hydrogens is 626 g/mol. The summed E-state index contributed by atoms with van der Waals surface area (Å²) in [5.41, 5.74) is -1.10. The summed E-state index contributed by atoms with van der Waals surface area (Å²) >= 11 is 0. The predicted molar refractivity (Wildman–Crippen MR) is 186 cm³/mol. The molecule has 12 nitrogen and oxygen atoms in total. The van der Waals surface area contributed by atoms with E-state index < -0.39 is 59.2 Å². The van der Waals surface area contributed by atoms with Crippen molar-refractivity contribution in [1.29, 1.82) is 0 Å². The number of nitrogens with zero attached hydrogens (tertiary/aromatic N) is 1. The summed E-state index contributed by atoms with van der Waals surface area (Å²) in [6.45, 7) is 18.4. The number of rotatable bonds is 14. The summed E-state index contributed by atoms with van der Waals surface area (Å²) in [6, 6.07) is -2.52. The lowest BCUT2D eigenvalue weighted by atomic mass is 9.81. The molecule has 2 saturated carbocycles. The van der Waals surface area contributed by atoms with E-state index in [9.17, 15) is 24.0 Å². The summed E-state index contributed by atoms with van der Waals surface area (Å²) in [5, 5.41) is 11.8. The van der Waals surface area contributed by atoms with Gasteiger partial charge in [-0.2, -0.15) is 0 Å². The Kier molecular flexibility index (Phi) is 12.8. The SMILES string of the molecule is CCC[C@H](NC(=O)[C@@H]1C[C@@H](C(C)C)CN1C1OC1[C@@H](NC(=O)[C@@H](NC(=O)OC(C)(C)C)C1CCCCC1)C(C)(C)C)C(=O)C(=O)NC1CC1. The number of Topliss-reactive ketones (excluding diaryl/α,β-unsaturated/α-hetero) is 1. The van der Waals surface area contributed by atoms with Gasteiger partial charge in [0.05, 0.1) is 18.1 Å². The minimum absolute atomic E-state index is 0.00129. The number of hydrogen-bond donors (Lipinski definition) is 4. The molecule has 7 atom stereocenters. The van der Waals surface area contributed by atoms with Gasteiger partial charge < -0.3 is 30.7 Å². The molecule has 49 heavy (non-hydrogen) atoms. The number of nitrogens with one attached hydrogen (secondary N) is 4. The number of carbonyl (C=O) groups excluding carboxylic acids is 5. The molecule has 2 aliphatic carbocycles. The maximum atomic E-state index is 14.1. The average Bonchev–Trinajstić information content (AvgIpc) is 3.94. The van der Waals surface area contributed by atoms with Crippen molar-refractivity contribution < 1.29 is 33.4 Å². The van der Waals surface area contributed by atoms with Crippen LogP contribution in [-0.4, -0.2) is 89.2 Å². The van der Waals surface area contributed by atoms with Crippen LogP contribution >= 0.6 is 0 Å². The topological polar surface area (TPSA) is 158 Å². The van der Waals surface area contributed by atoms with Crippen LogP contribution in [0.4, 0.5) is 4.79 Å². The van der Waals surface area contributed by atoms with E-state index in [1.807, 2.05) is 27.7 Å². The second-order valence-corrected chi connectivity index (χ2v) is 17.3. The molecule has 4 amide bonds. The summed E-state index contributed by atoms with van der Waals surface area (Å²) in [7, 11) is 0. The zero-order chi connectivity index (χ0) is 36.3.